The van der Waals surface area contributed by atoms with Gasteiger partial charge in [0.2, 0.25) is 0 Å². The molecule has 1 N–H and O–H groups in total. The third kappa shape index (κ3) is 1.32. The minimum atomic E-state index is 0.494. The summed E-state index contributed by atoms with van der Waals surface area (Å²) >= 11 is 0. The zero-order valence-electron chi connectivity index (χ0n) is 7.91. The van der Waals surface area contributed by atoms with Crippen LogP contribution >= 0.6 is 0 Å². The van der Waals surface area contributed by atoms with Crippen LogP contribution in [0.4, 0.5) is 0 Å². The molecule has 72 valence electrons. The molecule has 13 heavy (non-hydrogen) atoms. The van der Waals surface area contributed by atoms with E-state index in [9.17, 15) is 0 Å². The van der Waals surface area contributed by atoms with Gasteiger partial charge in [-0.3, -0.25) is 0 Å². The van der Waals surface area contributed by atoms with Crippen molar-refractivity contribution in [3.05, 3.63) is 12.2 Å². The van der Waals surface area contributed by atoms with Gasteiger partial charge < -0.3 is 10.1 Å². The second-order valence-corrected chi connectivity index (χ2v) is 4.56. The van der Waals surface area contributed by atoms with Crippen LogP contribution in [0.15, 0.2) is 12.2 Å². The molecule has 0 spiro atoms. The van der Waals surface area contributed by atoms with Crippen molar-refractivity contribution in [1.29, 1.82) is 0 Å². The summed E-state index contributed by atoms with van der Waals surface area (Å²) in [5.74, 6) is 2.51. The summed E-state index contributed by atoms with van der Waals surface area (Å²) in [4.78, 5) is 0. The quantitative estimate of drug-likeness (QED) is 0.610. The maximum atomic E-state index is 5.82. The summed E-state index contributed by atoms with van der Waals surface area (Å²) in [5, 5.41) is 3.42. The summed E-state index contributed by atoms with van der Waals surface area (Å²) in [6, 6.07) is 0. The molecule has 1 aliphatic heterocycles. The lowest BCUT2D eigenvalue weighted by Gasteiger charge is -2.32. The highest BCUT2D eigenvalue weighted by Crippen LogP contribution is 2.45. The fourth-order valence-corrected chi connectivity index (χ4v) is 3.11. The van der Waals surface area contributed by atoms with Crippen LogP contribution in [0.5, 0.6) is 0 Å². The Labute approximate surface area is 79.3 Å². The largest absolute Gasteiger partial charge is 0.375 e. The number of hydrogen-bond donors (Lipinski definition) is 1. The van der Waals surface area contributed by atoms with Crippen LogP contribution in [-0.4, -0.2) is 25.8 Å². The van der Waals surface area contributed by atoms with Crippen molar-refractivity contribution in [3.8, 4) is 0 Å². The number of ether oxygens (including phenoxy) is 1. The monoisotopic (exact) mass is 179 g/mol. The number of morpholine rings is 1. The molecule has 2 heteroatoms. The van der Waals surface area contributed by atoms with Crippen molar-refractivity contribution < 1.29 is 4.74 Å². The van der Waals surface area contributed by atoms with E-state index in [2.05, 4.69) is 17.5 Å². The number of hydrogen-bond acceptors (Lipinski definition) is 2. The fraction of sp³-hybridized carbons (Fsp3) is 0.818. The molecular weight excluding hydrogens is 162 g/mol. The lowest BCUT2D eigenvalue weighted by atomic mass is 9.88. The summed E-state index contributed by atoms with van der Waals surface area (Å²) < 4.78 is 5.82. The second-order valence-electron chi connectivity index (χ2n) is 4.56. The van der Waals surface area contributed by atoms with E-state index in [0.29, 0.717) is 6.10 Å². The first kappa shape index (κ1) is 8.01. The van der Waals surface area contributed by atoms with Gasteiger partial charge in [0.05, 0.1) is 12.7 Å². The Hall–Kier alpha value is -0.340. The number of fused-ring (bicyclic) bond motifs is 2. The molecule has 2 nitrogen and oxygen atoms in total. The zero-order valence-corrected chi connectivity index (χ0v) is 7.91. The predicted molar refractivity (Wildman–Crippen MR) is 51.5 cm³/mol. The molecule has 2 fully saturated rings. The van der Waals surface area contributed by atoms with E-state index < -0.39 is 0 Å². The standard InChI is InChI=1S/C11H17NO/c1-2-9-5-8(1)6-10(9)11-7-12-3-4-13-11/h1-2,8-12H,3-7H2. The number of nitrogens with one attached hydrogen (secondary N) is 1. The molecule has 0 aromatic carbocycles. The van der Waals surface area contributed by atoms with Crippen molar-refractivity contribution in [2.75, 3.05) is 19.7 Å². The molecule has 2 bridgehead atoms. The van der Waals surface area contributed by atoms with Gasteiger partial charge in [-0.05, 0) is 30.6 Å². The summed E-state index contributed by atoms with van der Waals surface area (Å²) in [6.07, 6.45) is 8.07. The zero-order chi connectivity index (χ0) is 8.67. The third-order valence-electron chi connectivity index (χ3n) is 3.76. The molecule has 3 rings (SSSR count). The Morgan fingerprint density at radius 3 is 2.85 bits per heavy atom. The average Bonchev–Trinajstić information content (AvgIpc) is 2.80. The molecule has 1 saturated carbocycles. The minimum Gasteiger partial charge on any atom is -0.375 e. The van der Waals surface area contributed by atoms with Gasteiger partial charge in [0.15, 0.2) is 0 Å². The molecule has 0 aromatic heterocycles. The van der Waals surface area contributed by atoms with Crippen molar-refractivity contribution in [2.45, 2.75) is 18.9 Å². The lowest BCUT2D eigenvalue weighted by molar-refractivity contribution is -0.0161. The number of allylic oxidation sites excluding steroid dienone is 2. The molecule has 2 aliphatic carbocycles. The van der Waals surface area contributed by atoms with Crippen molar-refractivity contribution >= 4 is 0 Å². The Bertz CT molecular complexity index is 220. The molecule has 4 atom stereocenters. The Morgan fingerprint density at radius 2 is 2.23 bits per heavy atom. The summed E-state index contributed by atoms with van der Waals surface area (Å²) in [7, 11) is 0. The highest BCUT2D eigenvalue weighted by Gasteiger charge is 2.40. The summed E-state index contributed by atoms with van der Waals surface area (Å²) in [5.41, 5.74) is 0. The van der Waals surface area contributed by atoms with E-state index in [1.54, 1.807) is 0 Å². The van der Waals surface area contributed by atoms with Gasteiger partial charge >= 0.3 is 0 Å². The van der Waals surface area contributed by atoms with Crippen molar-refractivity contribution in [3.63, 3.8) is 0 Å². The first-order chi connectivity index (χ1) is 6.43. The van der Waals surface area contributed by atoms with Crippen LogP contribution in [0.3, 0.4) is 0 Å². The minimum absolute atomic E-state index is 0.494. The highest BCUT2D eigenvalue weighted by atomic mass is 16.5. The molecule has 1 heterocycles. The van der Waals surface area contributed by atoms with Crippen LogP contribution in [0, 0.1) is 17.8 Å². The van der Waals surface area contributed by atoms with Gasteiger partial charge in [0.25, 0.3) is 0 Å². The maximum absolute atomic E-state index is 5.82. The Balaban J connectivity index is 1.68. The molecule has 1 saturated heterocycles. The van der Waals surface area contributed by atoms with Gasteiger partial charge in [-0.15, -0.1) is 0 Å². The van der Waals surface area contributed by atoms with Crippen LogP contribution in [-0.2, 0) is 4.74 Å². The van der Waals surface area contributed by atoms with Crippen LogP contribution in [0.1, 0.15) is 12.8 Å². The molecular formula is C11H17NO. The van der Waals surface area contributed by atoms with Crippen LogP contribution < -0.4 is 5.32 Å². The smallest absolute Gasteiger partial charge is 0.0734 e. The summed E-state index contributed by atoms with van der Waals surface area (Å²) in [6.45, 7) is 3.01. The van der Waals surface area contributed by atoms with E-state index in [1.165, 1.54) is 12.8 Å². The highest BCUT2D eigenvalue weighted by molar-refractivity contribution is 5.11. The average molecular weight is 179 g/mol. The van der Waals surface area contributed by atoms with Gasteiger partial charge in [-0.1, -0.05) is 12.2 Å². The van der Waals surface area contributed by atoms with E-state index in [0.717, 1.165) is 37.5 Å². The van der Waals surface area contributed by atoms with E-state index in [1.807, 2.05) is 0 Å². The topological polar surface area (TPSA) is 21.3 Å². The van der Waals surface area contributed by atoms with Gasteiger partial charge in [-0.25, -0.2) is 0 Å². The molecule has 0 radical (unpaired) electrons. The van der Waals surface area contributed by atoms with Gasteiger partial charge in [0, 0.05) is 13.1 Å². The Kier molecular flexibility index (Phi) is 1.91. The molecule has 4 unspecified atom stereocenters. The predicted octanol–water partition coefficient (Wildman–Crippen LogP) is 1.19. The normalized spacial score (nSPS) is 48.6. The van der Waals surface area contributed by atoms with Gasteiger partial charge in [-0.2, -0.15) is 0 Å². The number of rotatable bonds is 1. The van der Waals surface area contributed by atoms with Crippen molar-refractivity contribution in [2.24, 2.45) is 17.8 Å². The van der Waals surface area contributed by atoms with E-state index >= 15 is 0 Å². The maximum Gasteiger partial charge on any atom is 0.0734 e. The van der Waals surface area contributed by atoms with E-state index in [4.69, 9.17) is 4.74 Å². The first-order valence-electron chi connectivity index (χ1n) is 5.44. The first-order valence-corrected chi connectivity index (χ1v) is 5.44. The molecule has 0 aromatic rings. The van der Waals surface area contributed by atoms with Gasteiger partial charge in [0.1, 0.15) is 0 Å². The van der Waals surface area contributed by atoms with Crippen molar-refractivity contribution in [1.82, 2.24) is 5.32 Å². The molecule has 0 amide bonds. The fourth-order valence-electron chi connectivity index (χ4n) is 3.11. The third-order valence-corrected chi connectivity index (χ3v) is 3.76. The SMILES string of the molecule is C1=CC2CC1CC2C1CNCCO1. The molecule has 3 aliphatic rings. The van der Waals surface area contributed by atoms with E-state index in [-0.39, 0.29) is 0 Å². The lowest BCUT2D eigenvalue weighted by Crippen LogP contribution is -2.43. The van der Waals surface area contributed by atoms with Crippen LogP contribution in [0.25, 0.3) is 0 Å². The Morgan fingerprint density at radius 1 is 1.23 bits per heavy atom. The second kappa shape index (κ2) is 3.10. The van der Waals surface area contributed by atoms with Crippen LogP contribution in [0.2, 0.25) is 0 Å².